The first-order valence-corrected chi connectivity index (χ1v) is 6.01. The number of rotatable bonds is 3. The van der Waals surface area contributed by atoms with Crippen LogP contribution in [0.5, 0.6) is 5.75 Å². The number of hydrogen-bond acceptors (Lipinski definition) is 1. The Kier molecular flexibility index (Phi) is 3.93. The standard InChI is InChI=1S/C14H12Cl2O/c1-17-14-5-3-2-4-11(14)6-10-7-12(15)9-13(16)8-10/h2-5,7-9H,6H2,1H3. The van der Waals surface area contributed by atoms with Gasteiger partial charge in [0, 0.05) is 16.5 Å². The molecule has 0 unspecified atom stereocenters. The topological polar surface area (TPSA) is 9.23 Å². The van der Waals surface area contributed by atoms with Gasteiger partial charge in [0.1, 0.15) is 5.75 Å². The summed E-state index contributed by atoms with van der Waals surface area (Å²) in [6.07, 6.45) is 0.754. The second kappa shape index (κ2) is 5.44. The highest BCUT2D eigenvalue weighted by molar-refractivity contribution is 6.34. The average Bonchev–Trinajstić information content (AvgIpc) is 2.28. The number of para-hydroxylation sites is 1. The van der Waals surface area contributed by atoms with Crippen LogP contribution in [0.25, 0.3) is 0 Å². The van der Waals surface area contributed by atoms with Crippen molar-refractivity contribution in [2.75, 3.05) is 7.11 Å². The van der Waals surface area contributed by atoms with Gasteiger partial charge in [0.05, 0.1) is 7.11 Å². The van der Waals surface area contributed by atoms with Crippen LogP contribution in [0.3, 0.4) is 0 Å². The molecule has 2 rings (SSSR count). The summed E-state index contributed by atoms with van der Waals surface area (Å²) >= 11 is 11.9. The lowest BCUT2D eigenvalue weighted by Crippen LogP contribution is -1.93. The molecule has 2 aromatic rings. The second-order valence-corrected chi connectivity index (χ2v) is 4.64. The highest BCUT2D eigenvalue weighted by Gasteiger charge is 2.04. The van der Waals surface area contributed by atoms with Crippen LogP contribution in [-0.2, 0) is 6.42 Å². The molecule has 0 aliphatic heterocycles. The summed E-state index contributed by atoms with van der Waals surface area (Å²) in [7, 11) is 1.67. The van der Waals surface area contributed by atoms with Crippen LogP contribution in [0.2, 0.25) is 10.0 Å². The number of hydrogen-bond donors (Lipinski definition) is 0. The molecular formula is C14H12Cl2O. The molecule has 3 heteroatoms. The minimum Gasteiger partial charge on any atom is -0.496 e. The quantitative estimate of drug-likeness (QED) is 0.790. The average molecular weight is 267 g/mol. The minimum absolute atomic E-state index is 0.655. The molecule has 2 aromatic carbocycles. The molecule has 1 nitrogen and oxygen atoms in total. The summed E-state index contributed by atoms with van der Waals surface area (Å²) in [6, 6.07) is 13.5. The van der Waals surface area contributed by atoms with Gasteiger partial charge in [-0.3, -0.25) is 0 Å². The van der Waals surface area contributed by atoms with Gasteiger partial charge in [0.2, 0.25) is 0 Å². The van der Waals surface area contributed by atoms with Crippen molar-refractivity contribution in [1.82, 2.24) is 0 Å². The molecule has 0 aliphatic carbocycles. The third-order valence-electron chi connectivity index (χ3n) is 2.51. The second-order valence-electron chi connectivity index (χ2n) is 3.77. The smallest absolute Gasteiger partial charge is 0.122 e. The Morgan fingerprint density at radius 3 is 2.29 bits per heavy atom. The Morgan fingerprint density at radius 1 is 1.00 bits per heavy atom. The Hall–Kier alpha value is -1.18. The normalized spacial score (nSPS) is 10.3. The van der Waals surface area contributed by atoms with Crippen molar-refractivity contribution in [3.63, 3.8) is 0 Å². The fourth-order valence-corrected chi connectivity index (χ4v) is 2.35. The van der Waals surface area contributed by atoms with Crippen LogP contribution >= 0.6 is 23.2 Å². The van der Waals surface area contributed by atoms with E-state index < -0.39 is 0 Å². The van der Waals surface area contributed by atoms with E-state index in [4.69, 9.17) is 27.9 Å². The fourth-order valence-electron chi connectivity index (χ4n) is 1.78. The van der Waals surface area contributed by atoms with E-state index in [9.17, 15) is 0 Å². The van der Waals surface area contributed by atoms with Crippen LogP contribution in [0.1, 0.15) is 11.1 Å². The maximum absolute atomic E-state index is 5.97. The van der Waals surface area contributed by atoms with E-state index in [1.54, 1.807) is 13.2 Å². The summed E-state index contributed by atoms with van der Waals surface area (Å²) in [6.45, 7) is 0. The molecule has 0 saturated heterocycles. The predicted molar refractivity (Wildman–Crippen MR) is 72.3 cm³/mol. The molecule has 0 radical (unpaired) electrons. The Labute approximate surface area is 111 Å². The zero-order valence-electron chi connectivity index (χ0n) is 9.41. The molecule has 17 heavy (non-hydrogen) atoms. The third kappa shape index (κ3) is 3.15. The van der Waals surface area contributed by atoms with Crippen molar-refractivity contribution >= 4 is 23.2 Å². The summed E-state index contributed by atoms with van der Waals surface area (Å²) < 4.78 is 5.31. The Balaban J connectivity index is 2.31. The molecule has 0 heterocycles. The van der Waals surface area contributed by atoms with Crippen LogP contribution < -0.4 is 4.74 Å². The molecule has 0 aromatic heterocycles. The van der Waals surface area contributed by atoms with Crippen molar-refractivity contribution in [1.29, 1.82) is 0 Å². The zero-order chi connectivity index (χ0) is 12.3. The van der Waals surface area contributed by atoms with Gasteiger partial charge in [-0.05, 0) is 35.4 Å². The minimum atomic E-state index is 0.655. The SMILES string of the molecule is COc1ccccc1Cc1cc(Cl)cc(Cl)c1. The van der Waals surface area contributed by atoms with Gasteiger partial charge in [0.15, 0.2) is 0 Å². The van der Waals surface area contributed by atoms with Gasteiger partial charge in [0.25, 0.3) is 0 Å². The van der Waals surface area contributed by atoms with Gasteiger partial charge >= 0.3 is 0 Å². The number of methoxy groups -OCH3 is 1. The van der Waals surface area contributed by atoms with Gasteiger partial charge in [-0.1, -0.05) is 41.4 Å². The summed E-state index contributed by atoms with van der Waals surface area (Å²) in [5.74, 6) is 0.878. The van der Waals surface area contributed by atoms with Crippen LogP contribution in [0.15, 0.2) is 42.5 Å². The number of halogens is 2. The molecule has 0 aliphatic rings. The molecular weight excluding hydrogens is 255 g/mol. The first-order chi connectivity index (χ1) is 8.19. The van der Waals surface area contributed by atoms with Gasteiger partial charge in [-0.2, -0.15) is 0 Å². The Morgan fingerprint density at radius 2 is 1.65 bits per heavy atom. The highest BCUT2D eigenvalue weighted by Crippen LogP contribution is 2.25. The molecule has 0 N–H and O–H groups in total. The summed E-state index contributed by atoms with van der Waals surface area (Å²) in [4.78, 5) is 0. The van der Waals surface area contributed by atoms with Crippen LogP contribution in [0, 0.1) is 0 Å². The van der Waals surface area contributed by atoms with Gasteiger partial charge in [-0.25, -0.2) is 0 Å². The Bertz CT molecular complexity index is 503. The first kappa shape index (κ1) is 12.3. The third-order valence-corrected chi connectivity index (χ3v) is 2.95. The largest absolute Gasteiger partial charge is 0.496 e. The summed E-state index contributed by atoms with van der Waals surface area (Å²) in [5, 5.41) is 1.31. The van der Waals surface area contributed by atoms with E-state index in [1.165, 1.54) is 0 Å². The fraction of sp³-hybridized carbons (Fsp3) is 0.143. The molecule has 0 saturated carbocycles. The predicted octanol–water partition coefficient (Wildman–Crippen LogP) is 4.59. The lowest BCUT2D eigenvalue weighted by atomic mass is 10.0. The molecule has 0 fully saturated rings. The van der Waals surface area contributed by atoms with E-state index in [0.717, 1.165) is 23.3 Å². The summed E-state index contributed by atoms with van der Waals surface area (Å²) in [5.41, 5.74) is 2.19. The van der Waals surface area contributed by atoms with Crippen LogP contribution in [0.4, 0.5) is 0 Å². The molecule has 0 bridgehead atoms. The van der Waals surface area contributed by atoms with Gasteiger partial charge in [-0.15, -0.1) is 0 Å². The maximum Gasteiger partial charge on any atom is 0.122 e. The lowest BCUT2D eigenvalue weighted by Gasteiger charge is -2.08. The van der Waals surface area contributed by atoms with Crippen molar-refractivity contribution in [3.05, 3.63) is 63.6 Å². The monoisotopic (exact) mass is 266 g/mol. The molecule has 0 spiro atoms. The zero-order valence-corrected chi connectivity index (χ0v) is 10.9. The number of benzene rings is 2. The van der Waals surface area contributed by atoms with E-state index >= 15 is 0 Å². The highest BCUT2D eigenvalue weighted by atomic mass is 35.5. The van der Waals surface area contributed by atoms with Crippen molar-refractivity contribution in [2.45, 2.75) is 6.42 Å². The number of ether oxygens (including phenoxy) is 1. The molecule has 88 valence electrons. The first-order valence-electron chi connectivity index (χ1n) is 5.26. The van der Waals surface area contributed by atoms with E-state index in [1.807, 2.05) is 36.4 Å². The van der Waals surface area contributed by atoms with E-state index in [-0.39, 0.29) is 0 Å². The van der Waals surface area contributed by atoms with Gasteiger partial charge < -0.3 is 4.74 Å². The van der Waals surface area contributed by atoms with Crippen molar-refractivity contribution in [3.8, 4) is 5.75 Å². The van der Waals surface area contributed by atoms with Crippen LogP contribution in [-0.4, -0.2) is 7.11 Å². The van der Waals surface area contributed by atoms with E-state index in [0.29, 0.717) is 10.0 Å². The van der Waals surface area contributed by atoms with E-state index in [2.05, 4.69) is 0 Å². The molecule has 0 atom stereocenters. The maximum atomic E-state index is 5.97. The lowest BCUT2D eigenvalue weighted by molar-refractivity contribution is 0.410. The van der Waals surface area contributed by atoms with Crippen molar-refractivity contribution in [2.24, 2.45) is 0 Å². The van der Waals surface area contributed by atoms with Crippen molar-refractivity contribution < 1.29 is 4.74 Å². The molecule has 0 amide bonds.